The molecule has 25 heavy (non-hydrogen) atoms. The quantitative estimate of drug-likeness (QED) is 0.810. The number of rotatable bonds is 5. The highest BCUT2D eigenvalue weighted by molar-refractivity contribution is 8.19. The molecular weight excluding hydrogens is 356 g/mol. The van der Waals surface area contributed by atoms with Gasteiger partial charge in [-0.3, -0.25) is 10.2 Å². The third kappa shape index (κ3) is 3.78. The molecule has 1 aliphatic heterocycles. The molecule has 1 aromatic heterocycles. The normalized spacial score (nSPS) is 18.6. The lowest BCUT2D eigenvalue weighted by atomic mass is 10.1. The zero-order valence-electron chi connectivity index (χ0n) is 13.4. The number of aryl methyl sites for hydroxylation is 1. The summed E-state index contributed by atoms with van der Waals surface area (Å²) in [5, 5.41) is 26.5. The van der Waals surface area contributed by atoms with Gasteiger partial charge in [0, 0.05) is 0 Å². The lowest BCUT2D eigenvalue weighted by Gasteiger charge is -2.02. The van der Waals surface area contributed by atoms with Crippen molar-refractivity contribution in [3.63, 3.8) is 0 Å². The van der Waals surface area contributed by atoms with Gasteiger partial charge in [-0.05, 0) is 30.2 Å². The third-order valence-corrected chi connectivity index (χ3v) is 5.63. The first kappa shape index (κ1) is 17.3. The van der Waals surface area contributed by atoms with E-state index in [9.17, 15) is 4.79 Å². The van der Waals surface area contributed by atoms with Crippen molar-refractivity contribution in [2.24, 2.45) is 0 Å². The Hall–Kier alpha value is -2.50. The van der Waals surface area contributed by atoms with Crippen molar-refractivity contribution in [2.45, 2.75) is 19.3 Å². The molecule has 2 aromatic rings. The highest BCUT2D eigenvalue weighted by atomic mass is 32.2. The van der Waals surface area contributed by atoms with E-state index in [4.69, 9.17) is 15.4 Å². The predicted octanol–water partition coefficient (Wildman–Crippen LogP) is 3.42. The van der Waals surface area contributed by atoms with Gasteiger partial charge in [-0.2, -0.15) is 5.26 Å². The van der Waals surface area contributed by atoms with Crippen LogP contribution in [-0.2, 0) is 11.2 Å². The average Bonchev–Trinajstić information content (AvgIpc) is 3.19. The maximum absolute atomic E-state index is 12.7. The smallest absolute Gasteiger partial charge is 0.186 e. The van der Waals surface area contributed by atoms with Crippen LogP contribution in [0.25, 0.3) is 6.08 Å². The first-order valence-corrected chi connectivity index (χ1v) is 9.20. The van der Waals surface area contributed by atoms with E-state index < -0.39 is 5.92 Å². The van der Waals surface area contributed by atoms with E-state index in [2.05, 4.69) is 10.2 Å². The van der Waals surface area contributed by atoms with Crippen molar-refractivity contribution in [1.29, 1.82) is 10.7 Å². The summed E-state index contributed by atoms with van der Waals surface area (Å²) < 4.78 is 5.20. The number of hydrogen-bond donors (Lipinski definition) is 1. The summed E-state index contributed by atoms with van der Waals surface area (Å²) in [5.74, 6) is -0.147. The molecule has 1 N–H and O–H groups in total. The molecule has 0 radical (unpaired) electrons. The minimum absolute atomic E-state index is 0.00475. The molecular formula is C17H14N4O2S2. The lowest BCUT2D eigenvalue weighted by Crippen LogP contribution is -2.11. The minimum Gasteiger partial charge on any atom is -0.479 e. The maximum Gasteiger partial charge on any atom is 0.186 e. The number of benzene rings is 1. The van der Waals surface area contributed by atoms with Gasteiger partial charge in [0.05, 0.1) is 9.95 Å². The highest BCUT2D eigenvalue weighted by Crippen LogP contribution is 2.41. The molecule has 0 saturated carbocycles. The van der Waals surface area contributed by atoms with E-state index in [1.807, 2.05) is 25.1 Å². The first-order chi connectivity index (χ1) is 12.1. The Morgan fingerprint density at radius 2 is 2.12 bits per heavy atom. The number of carbonyl (C=O) groups is 1. The number of Topliss-reactive ketones (excluding diaryl/α,β-unsaturated/α-hetero) is 1. The number of nitrogens with one attached hydrogen (secondary N) is 1. The van der Waals surface area contributed by atoms with Gasteiger partial charge in [0.1, 0.15) is 27.8 Å². The van der Waals surface area contributed by atoms with Crippen LogP contribution in [0, 0.1) is 16.7 Å². The van der Waals surface area contributed by atoms with Crippen molar-refractivity contribution in [3.05, 3.63) is 44.7 Å². The molecule has 1 aromatic carbocycles. The van der Waals surface area contributed by atoms with Crippen LogP contribution in [-0.4, -0.2) is 27.6 Å². The van der Waals surface area contributed by atoms with Gasteiger partial charge >= 0.3 is 0 Å². The summed E-state index contributed by atoms with van der Waals surface area (Å²) in [6.45, 7) is 1.98. The Morgan fingerprint density at radius 1 is 1.36 bits per heavy atom. The van der Waals surface area contributed by atoms with Crippen molar-refractivity contribution < 1.29 is 9.53 Å². The summed E-state index contributed by atoms with van der Waals surface area (Å²) in [7, 11) is 0. The van der Waals surface area contributed by atoms with Crippen molar-refractivity contribution >= 4 is 40.0 Å². The van der Waals surface area contributed by atoms with Gasteiger partial charge in [0.2, 0.25) is 0 Å². The first-order valence-electron chi connectivity index (χ1n) is 7.56. The van der Waals surface area contributed by atoms with Crippen molar-refractivity contribution in [1.82, 2.24) is 10.2 Å². The van der Waals surface area contributed by atoms with E-state index >= 15 is 0 Å². The van der Waals surface area contributed by atoms with Gasteiger partial charge in [-0.15, -0.1) is 21.5 Å². The molecule has 1 unspecified atom stereocenters. The van der Waals surface area contributed by atoms with Crippen LogP contribution in [0.15, 0.2) is 29.2 Å². The van der Waals surface area contributed by atoms with Crippen LogP contribution < -0.4 is 4.74 Å². The summed E-state index contributed by atoms with van der Waals surface area (Å²) in [5.41, 5.74) is 0.833. The Labute approximate surface area is 153 Å². The number of ether oxygens (including phenoxy) is 1. The molecule has 0 amide bonds. The van der Waals surface area contributed by atoms with Crippen LogP contribution in [0.4, 0.5) is 0 Å². The van der Waals surface area contributed by atoms with E-state index in [1.54, 1.807) is 18.2 Å². The second-order valence-electron chi connectivity index (χ2n) is 5.18. The molecule has 1 fully saturated rings. The lowest BCUT2D eigenvalue weighted by molar-refractivity contribution is -0.114. The van der Waals surface area contributed by atoms with Gasteiger partial charge in [0.15, 0.2) is 12.4 Å². The Balaban J connectivity index is 1.79. The monoisotopic (exact) mass is 370 g/mol. The number of aromatic nitrogens is 2. The van der Waals surface area contributed by atoms with Crippen molar-refractivity contribution in [3.8, 4) is 11.8 Å². The number of carbonyl (C=O) groups excluding carboxylic acids is 1. The highest BCUT2D eigenvalue weighted by Gasteiger charge is 2.39. The summed E-state index contributed by atoms with van der Waals surface area (Å²) >= 11 is 2.55. The van der Waals surface area contributed by atoms with Crippen LogP contribution in [0.2, 0.25) is 0 Å². The van der Waals surface area contributed by atoms with Gasteiger partial charge in [-0.1, -0.05) is 30.8 Å². The topological polar surface area (TPSA) is 99.7 Å². The molecule has 0 bridgehead atoms. The molecule has 2 heterocycles. The fourth-order valence-electron chi connectivity index (χ4n) is 2.27. The minimum atomic E-state index is -0.632. The van der Waals surface area contributed by atoms with Gasteiger partial charge in [-0.25, -0.2) is 0 Å². The summed E-state index contributed by atoms with van der Waals surface area (Å²) in [6, 6.07) is 9.02. The fraction of sp³-hybridized carbons (Fsp3) is 0.235. The van der Waals surface area contributed by atoms with Crippen LogP contribution >= 0.6 is 23.1 Å². The number of nitriles is 1. The van der Waals surface area contributed by atoms with Crippen molar-refractivity contribution in [2.75, 3.05) is 6.61 Å². The average molecular weight is 370 g/mol. The van der Waals surface area contributed by atoms with Gasteiger partial charge in [0.25, 0.3) is 0 Å². The second kappa shape index (κ2) is 7.59. The molecule has 6 nitrogen and oxygen atoms in total. The molecule has 0 spiro atoms. The Bertz CT molecular complexity index is 881. The molecule has 8 heteroatoms. The molecule has 126 valence electrons. The maximum atomic E-state index is 12.7. The number of hydrogen-bond acceptors (Lipinski definition) is 8. The summed E-state index contributed by atoms with van der Waals surface area (Å²) in [4.78, 5) is 13.2. The standard InChI is InChI=1S/C17H14N4O2S2/c1-2-13-20-21-17(25-13)14-15(22)12(24-16(14)19)9-10-3-5-11(6-4-10)23-8-7-18/h3-6,9,14,19H,2,8H2,1H3. The van der Waals surface area contributed by atoms with Crippen LogP contribution in [0.5, 0.6) is 5.75 Å². The van der Waals surface area contributed by atoms with Gasteiger partial charge < -0.3 is 4.74 Å². The van der Waals surface area contributed by atoms with E-state index in [0.717, 1.165) is 17.0 Å². The molecule has 1 aliphatic rings. The zero-order valence-corrected chi connectivity index (χ0v) is 15.0. The second-order valence-corrected chi connectivity index (χ2v) is 7.35. The van der Waals surface area contributed by atoms with Crippen LogP contribution in [0.3, 0.4) is 0 Å². The number of thioether (sulfide) groups is 1. The largest absolute Gasteiger partial charge is 0.479 e. The molecule has 1 saturated heterocycles. The molecule has 3 rings (SSSR count). The fourth-order valence-corrected chi connectivity index (χ4v) is 4.22. The van der Waals surface area contributed by atoms with Crippen LogP contribution in [0.1, 0.15) is 28.4 Å². The van der Waals surface area contributed by atoms with E-state index in [-0.39, 0.29) is 17.4 Å². The SMILES string of the molecule is CCc1nnc(C2C(=N)SC(=Cc3ccc(OCC#N)cc3)C2=O)s1. The Kier molecular flexibility index (Phi) is 5.26. The number of allylic oxidation sites excluding steroid dienone is 1. The molecule has 0 aliphatic carbocycles. The number of ketones is 1. The van der Waals surface area contributed by atoms with E-state index in [1.165, 1.54) is 23.1 Å². The third-order valence-electron chi connectivity index (χ3n) is 3.50. The van der Waals surface area contributed by atoms with E-state index in [0.29, 0.717) is 15.7 Å². The summed E-state index contributed by atoms with van der Waals surface area (Å²) in [6.07, 6.45) is 2.53. The number of nitrogens with zero attached hydrogens (tertiary/aromatic N) is 3. The predicted molar refractivity (Wildman–Crippen MR) is 97.9 cm³/mol. The zero-order chi connectivity index (χ0) is 17.8. The Morgan fingerprint density at radius 3 is 2.76 bits per heavy atom. The molecule has 1 atom stereocenters.